The number of halogens is 2. The average Bonchev–Trinajstić information content (AvgIpc) is 2.35. The van der Waals surface area contributed by atoms with Crippen LogP contribution in [-0.2, 0) is 0 Å². The topological polar surface area (TPSA) is 81.1 Å². The van der Waals surface area contributed by atoms with Crippen LogP contribution in [-0.4, -0.2) is 5.91 Å². The SMILES string of the molecule is NC(=O)c1cc(N)ccc1Nc1cc(F)ccc1Cl. The van der Waals surface area contributed by atoms with Gasteiger partial charge in [-0.3, -0.25) is 4.79 Å². The Labute approximate surface area is 114 Å². The van der Waals surface area contributed by atoms with E-state index in [1.54, 1.807) is 12.1 Å². The van der Waals surface area contributed by atoms with Crippen LogP contribution in [0.1, 0.15) is 10.4 Å². The number of nitrogens with one attached hydrogen (secondary N) is 1. The van der Waals surface area contributed by atoms with Crippen molar-refractivity contribution in [3.63, 3.8) is 0 Å². The van der Waals surface area contributed by atoms with E-state index in [0.29, 0.717) is 22.1 Å². The Morgan fingerprint density at radius 1 is 1.16 bits per heavy atom. The molecule has 0 aromatic heterocycles. The van der Waals surface area contributed by atoms with Crippen LogP contribution in [0.2, 0.25) is 5.02 Å². The van der Waals surface area contributed by atoms with Crippen LogP contribution in [0.15, 0.2) is 36.4 Å². The van der Waals surface area contributed by atoms with E-state index in [0.717, 1.165) is 0 Å². The third kappa shape index (κ3) is 2.95. The summed E-state index contributed by atoms with van der Waals surface area (Å²) in [6, 6.07) is 8.51. The van der Waals surface area contributed by atoms with Gasteiger partial charge in [0.05, 0.1) is 22.0 Å². The van der Waals surface area contributed by atoms with Gasteiger partial charge >= 0.3 is 0 Å². The van der Waals surface area contributed by atoms with Crippen molar-refractivity contribution in [2.75, 3.05) is 11.1 Å². The molecule has 2 rings (SSSR count). The van der Waals surface area contributed by atoms with Crippen molar-refractivity contribution in [2.24, 2.45) is 5.73 Å². The molecule has 0 aliphatic rings. The highest BCUT2D eigenvalue weighted by molar-refractivity contribution is 6.33. The predicted molar refractivity (Wildman–Crippen MR) is 74.1 cm³/mol. The molecule has 98 valence electrons. The molecule has 0 unspecified atom stereocenters. The van der Waals surface area contributed by atoms with Crippen molar-refractivity contribution >= 4 is 34.6 Å². The van der Waals surface area contributed by atoms with Crippen molar-refractivity contribution in [1.29, 1.82) is 0 Å². The number of hydrogen-bond donors (Lipinski definition) is 3. The zero-order valence-corrected chi connectivity index (χ0v) is 10.5. The molecule has 0 atom stereocenters. The minimum Gasteiger partial charge on any atom is -0.399 e. The molecule has 6 heteroatoms. The highest BCUT2D eigenvalue weighted by atomic mass is 35.5. The summed E-state index contributed by atoms with van der Waals surface area (Å²) in [6.07, 6.45) is 0. The number of amides is 1. The molecular weight excluding hydrogens is 269 g/mol. The van der Waals surface area contributed by atoms with Gasteiger partial charge in [-0.2, -0.15) is 0 Å². The van der Waals surface area contributed by atoms with E-state index in [9.17, 15) is 9.18 Å². The number of carbonyl (C=O) groups is 1. The summed E-state index contributed by atoms with van der Waals surface area (Å²) in [4.78, 5) is 11.3. The number of carbonyl (C=O) groups excluding carboxylic acids is 1. The van der Waals surface area contributed by atoms with Crippen LogP contribution < -0.4 is 16.8 Å². The fourth-order valence-electron chi connectivity index (χ4n) is 1.61. The van der Waals surface area contributed by atoms with E-state index in [1.807, 2.05) is 0 Å². The summed E-state index contributed by atoms with van der Waals surface area (Å²) < 4.78 is 13.2. The predicted octanol–water partition coefficient (Wildman–Crippen LogP) is 2.90. The maximum atomic E-state index is 13.2. The summed E-state index contributed by atoms with van der Waals surface area (Å²) in [5, 5.41) is 3.19. The molecule has 0 heterocycles. The Hall–Kier alpha value is -2.27. The molecule has 0 aliphatic heterocycles. The normalized spacial score (nSPS) is 10.2. The van der Waals surface area contributed by atoms with Crippen LogP contribution in [0, 0.1) is 5.82 Å². The fraction of sp³-hybridized carbons (Fsp3) is 0. The second-order valence-electron chi connectivity index (χ2n) is 3.92. The lowest BCUT2D eigenvalue weighted by Crippen LogP contribution is -2.13. The Morgan fingerprint density at radius 3 is 2.58 bits per heavy atom. The lowest BCUT2D eigenvalue weighted by molar-refractivity contribution is 0.100. The summed E-state index contributed by atoms with van der Waals surface area (Å²) in [5.41, 5.74) is 12.2. The first-order valence-corrected chi connectivity index (χ1v) is 5.76. The lowest BCUT2D eigenvalue weighted by Gasteiger charge is -2.12. The largest absolute Gasteiger partial charge is 0.399 e. The van der Waals surface area contributed by atoms with Gasteiger partial charge in [-0.15, -0.1) is 0 Å². The number of benzene rings is 2. The summed E-state index contributed by atoms with van der Waals surface area (Å²) in [5.74, 6) is -1.08. The van der Waals surface area contributed by atoms with Crippen molar-refractivity contribution in [3.05, 3.63) is 52.8 Å². The number of hydrogen-bond acceptors (Lipinski definition) is 3. The van der Waals surface area contributed by atoms with Crippen LogP contribution in [0.3, 0.4) is 0 Å². The van der Waals surface area contributed by atoms with Crippen LogP contribution in [0.4, 0.5) is 21.5 Å². The quantitative estimate of drug-likeness (QED) is 0.756. The van der Waals surface area contributed by atoms with Crippen molar-refractivity contribution < 1.29 is 9.18 Å². The molecule has 0 bridgehead atoms. The van der Waals surface area contributed by atoms with Gasteiger partial charge in [0.2, 0.25) is 0 Å². The van der Waals surface area contributed by atoms with Gasteiger partial charge in [-0.1, -0.05) is 11.6 Å². The molecule has 0 aliphatic carbocycles. The average molecular weight is 280 g/mol. The van der Waals surface area contributed by atoms with Gasteiger partial charge in [0, 0.05) is 5.69 Å². The summed E-state index contributed by atoms with van der Waals surface area (Å²) in [6.45, 7) is 0. The molecule has 1 amide bonds. The molecule has 0 spiro atoms. The third-order valence-corrected chi connectivity index (χ3v) is 2.84. The van der Waals surface area contributed by atoms with Crippen LogP contribution in [0.25, 0.3) is 0 Å². The molecule has 19 heavy (non-hydrogen) atoms. The van der Waals surface area contributed by atoms with Gasteiger partial charge in [-0.05, 0) is 36.4 Å². The first-order chi connectivity index (χ1) is 8.97. The van der Waals surface area contributed by atoms with E-state index >= 15 is 0 Å². The molecule has 0 saturated heterocycles. The number of anilines is 3. The minimum absolute atomic E-state index is 0.209. The molecule has 4 nitrogen and oxygen atoms in total. The second-order valence-corrected chi connectivity index (χ2v) is 4.33. The van der Waals surface area contributed by atoms with Gasteiger partial charge in [-0.25, -0.2) is 4.39 Å². The molecule has 5 N–H and O–H groups in total. The van der Waals surface area contributed by atoms with Crippen molar-refractivity contribution in [2.45, 2.75) is 0 Å². The maximum Gasteiger partial charge on any atom is 0.250 e. The number of nitrogens with two attached hydrogens (primary N) is 2. The number of nitrogen functional groups attached to an aromatic ring is 1. The van der Waals surface area contributed by atoms with E-state index < -0.39 is 11.7 Å². The van der Waals surface area contributed by atoms with Crippen molar-refractivity contribution in [3.8, 4) is 0 Å². The molecule has 2 aromatic carbocycles. The van der Waals surface area contributed by atoms with Gasteiger partial charge in [0.1, 0.15) is 5.82 Å². The fourth-order valence-corrected chi connectivity index (χ4v) is 1.78. The Bertz CT molecular complexity index is 646. The Morgan fingerprint density at radius 2 is 1.89 bits per heavy atom. The highest BCUT2D eigenvalue weighted by Crippen LogP contribution is 2.28. The zero-order valence-electron chi connectivity index (χ0n) is 9.78. The third-order valence-electron chi connectivity index (χ3n) is 2.51. The van der Waals surface area contributed by atoms with Gasteiger partial charge < -0.3 is 16.8 Å². The second kappa shape index (κ2) is 5.16. The molecular formula is C13H11ClFN3O. The smallest absolute Gasteiger partial charge is 0.250 e. The number of primary amides is 1. The monoisotopic (exact) mass is 279 g/mol. The zero-order chi connectivity index (χ0) is 14.0. The van der Waals surface area contributed by atoms with Gasteiger partial charge in [0.15, 0.2) is 0 Å². The number of rotatable bonds is 3. The Balaban J connectivity index is 2.43. The van der Waals surface area contributed by atoms with Gasteiger partial charge in [0.25, 0.3) is 5.91 Å². The first-order valence-electron chi connectivity index (χ1n) is 5.39. The van der Waals surface area contributed by atoms with E-state index in [1.165, 1.54) is 24.3 Å². The molecule has 0 saturated carbocycles. The van der Waals surface area contributed by atoms with E-state index in [2.05, 4.69) is 5.32 Å². The van der Waals surface area contributed by atoms with Crippen molar-refractivity contribution in [1.82, 2.24) is 0 Å². The van der Waals surface area contributed by atoms with Crippen LogP contribution >= 0.6 is 11.6 Å². The molecule has 0 radical (unpaired) electrons. The first kappa shape index (κ1) is 13.2. The lowest BCUT2D eigenvalue weighted by atomic mass is 10.1. The standard InChI is InChI=1S/C13H11ClFN3O/c14-10-3-1-7(15)5-12(10)18-11-4-2-8(16)6-9(11)13(17)19/h1-6,18H,16H2,(H2,17,19). The minimum atomic E-state index is -0.637. The summed E-state index contributed by atoms with van der Waals surface area (Å²) in [7, 11) is 0. The maximum absolute atomic E-state index is 13.2. The van der Waals surface area contributed by atoms with Crippen LogP contribution in [0.5, 0.6) is 0 Å². The molecule has 2 aromatic rings. The molecule has 0 fully saturated rings. The van der Waals surface area contributed by atoms with E-state index in [4.69, 9.17) is 23.1 Å². The highest BCUT2D eigenvalue weighted by Gasteiger charge is 2.10. The van der Waals surface area contributed by atoms with E-state index in [-0.39, 0.29) is 5.56 Å². The summed E-state index contributed by atoms with van der Waals surface area (Å²) >= 11 is 5.94. The Kier molecular flexibility index (Phi) is 3.57.